The number of fused-ring (bicyclic) bond motifs is 1. The largest absolute Gasteiger partial charge is 0.484 e. The van der Waals surface area contributed by atoms with Crippen LogP contribution >= 0.6 is 0 Å². The van der Waals surface area contributed by atoms with E-state index in [-0.39, 0.29) is 18.6 Å². The first-order chi connectivity index (χ1) is 11.6. The van der Waals surface area contributed by atoms with Crippen LogP contribution in [0.3, 0.4) is 0 Å². The number of nitrogens with one attached hydrogen (secondary N) is 1. The highest BCUT2D eigenvalue weighted by molar-refractivity contribution is 5.84. The van der Waals surface area contributed by atoms with Crippen LogP contribution in [0.25, 0.3) is 10.8 Å². The molecule has 0 spiro atoms. The van der Waals surface area contributed by atoms with Crippen molar-refractivity contribution in [1.29, 1.82) is 0 Å². The molecule has 1 N–H and O–H groups in total. The molecule has 0 aromatic heterocycles. The van der Waals surface area contributed by atoms with Crippen molar-refractivity contribution < 1.29 is 9.53 Å². The summed E-state index contributed by atoms with van der Waals surface area (Å²) in [5, 5.41) is 5.21. The van der Waals surface area contributed by atoms with Crippen molar-refractivity contribution in [2.24, 2.45) is 0 Å². The van der Waals surface area contributed by atoms with Gasteiger partial charge in [0.2, 0.25) is 0 Å². The minimum atomic E-state index is -0.128. The maximum absolute atomic E-state index is 12.1. The number of rotatable bonds is 5. The smallest absolute Gasteiger partial charge is 0.258 e. The summed E-state index contributed by atoms with van der Waals surface area (Å²) in [4.78, 5) is 12.1. The van der Waals surface area contributed by atoms with Crippen molar-refractivity contribution >= 4 is 16.7 Å². The first kappa shape index (κ1) is 16.1. The highest BCUT2D eigenvalue weighted by Gasteiger charge is 2.10. The fourth-order valence-corrected chi connectivity index (χ4v) is 2.63. The van der Waals surface area contributed by atoms with E-state index < -0.39 is 0 Å². The quantitative estimate of drug-likeness (QED) is 0.757. The molecule has 1 amide bonds. The summed E-state index contributed by atoms with van der Waals surface area (Å²) in [6.07, 6.45) is 0. The lowest BCUT2D eigenvalue weighted by atomic mass is 10.1. The second-order valence-corrected chi connectivity index (χ2v) is 6.00. The molecule has 0 bridgehead atoms. The zero-order chi connectivity index (χ0) is 16.9. The van der Waals surface area contributed by atoms with E-state index in [1.165, 1.54) is 5.56 Å². The van der Waals surface area contributed by atoms with Gasteiger partial charge in [-0.15, -0.1) is 0 Å². The maximum Gasteiger partial charge on any atom is 0.258 e. The third-order valence-corrected chi connectivity index (χ3v) is 4.05. The highest BCUT2D eigenvalue weighted by atomic mass is 16.5. The van der Waals surface area contributed by atoms with Crippen LogP contribution in [0.5, 0.6) is 5.75 Å². The Balaban J connectivity index is 1.57. The van der Waals surface area contributed by atoms with Crippen molar-refractivity contribution in [2.75, 3.05) is 6.61 Å². The highest BCUT2D eigenvalue weighted by Crippen LogP contribution is 2.20. The Hall–Kier alpha value is -2.81. The first-order valence-electron chi connectivity index (χ1n) is 8.09. The minimum Gasteiger partial charge on any atom is -0.484 e. The molecule has 0 fully saturated rings. The number of carbonyl (C=O) groups is 1. The molecule has 3 heteroatoms. The van der Waals surface area contributed by atoms with Gasteiger partial charge >= 0.3 is 0 Å². The summed E-state index contributed by atoms with van der Waals surface area (Å²) in [6, 6.07) is 22.0. The maximum atomic E-state index is 12.1. The summed E-state index contributed by atoms with van der Waals surface area (Å²) in [5.41, 5.74) is 2.29. The monoisotopic (exact) mass is 319 g/mol. The molecule has 0 radical (unpaired) electrons. The molecule has 0 unspecified atom stereocenters. The van der Waals surface area contributed by atoms with Crippen molar-refractivity contribution in [3.8, 4) is 5.75 Å². The molecule has 0 saturated carbocycles. The number of ether oxygens (including phenoxy) is 1. The van der Waals surface area contributed by atoms with Gasteiger partial charge in [-0.05, 0) is 42.3 Å². The van der Waals surface area contributed by atoms with E-state index in [4.69, 9.17) is 4.74 Å². The van der Waals surface area contributed by atoms with Gasteiger partial charge in [0.1, 0.15) is 5.75 Å². The number of amides is 1. The summed E-state index contributed by atoms with van der Waals surface area (Å²) >= 11 is 0. The topological polar surface area (TPSA) is 38.3 Å². The third-order valence-electron chi connectivity index (χ3n) is 4.05. The van der Waals surface area contributed by atoms with E-state index in [1.807, 2.05) is 74.5 Å². The number of benzene rings is 3. The Morgan fingerprint density at radius 1 is 1.00 bits per heavy atom. The first-order valence-corrected chi connectivity index (χ1v) is 8.09. The fourth-order valence-electron chi connectivity index (χ4n) is 2.63. The molecule has 0 heterocycles. The second-order valence-electron chi connectivity index (χ2n) is 6.00. The molecule has 3 aromatic rings. The Bertz CT molecular complexity index is 840. The number of aryl methyl sites for hydroxylation is 1. The van der Waals surface area contributed by atoms with Gasteiger partial charge in [0.15, 0.2) is 6.61 Å². The Labute approximate surface area is 142 Å². The Morgan fingerprint density at radius 3 is 2.46 bits per heavy atom. The molecule has 0 aliphatic heterocycles. The summed E-state index contributed by atoms with van der Waals surface area (Å²) in [7, 11) is 0. The van der Waals surface area contributed by atoms with E-state index in [1.54, 1.807) is 0 Å². The zero-order valence-electron chi connectivity index (χ0n) is 14.0. The normalized spacial score (nSPS) is 11.9. The molecule has 0 aliphatic rings. The van der Waals surface area contributed by atoms with Crippen LogP contribution in [0, 0.1) is 6.92 Å². The Kier molecular flexibility index (Phi) is 4.80. The Morgan fingerprint density at radius 2 is 1.71 bits per heavy atom. The van der Waals surface area contributed by atoms with Crippen molar-refractivity contribution in [3.63, 3.8) is 0 Å². The lowest BCUT2D eigenvalue weighted by Crippen LogP contribution is -2.31. The van der Waals surface area contributed by atoms with Gasteiger partial charge in [-0.1, -0.05) is 60.2 Å². The average molecular weight is 319 g/mol. The van der Waals surface area contributed by atoms with Crippen LogP contribution in [0.1, 0.15) is 24.1 Å². The number of hydrogen-bond acceptors (Lipinski definition) is 2. The lowest BCUT2D eigenvalue weighted by Gasteiger charge is -2.15. The van der Waals surface area contributed by atoms with Gasteiger partial charge < -0.3 is 10.1 Å². The minimum absolute atomic E-state index is 0.00847. The van der Waals surface area contributed by atoms with Crippen LogP contribution in [-0.2, 0) is 4.79 Å². The summed E-state index contributed by atoms with van der Waals surface area (Å²) in [6.45, 7) is 4.03. The van der Waals surface area contributed by atoms with Gasteiger partial charge in [-0.3, -0.25) is 4.79 Å². The molecule has 1 atom stereocenters. The van der Waals surface area contributed by atoms with Crippen LogP contribution in [0.2, 0.25) is 0 Å². The van der Waals surface area contributed by atoms with E-state index >= 15 is 0 Å². The molecule has 0 saturated heterocycles. The average Bonchev–Trinajstić information content (AvgIpc) is 2.60. The molecule has 3 rings (SSSR count). The fraction of sp³-hybridized carbons (Fsp3) is 0.190. The van der Waals surface area contributed by atoms with Crippen molar-refractivity contribution in [1.82, 2.24) is 5.32 Å². The van der Waals surface area contributed by atoms with E-state index in [9.17, 15) is 4.79 Å². The molecule has 122 valence electrons. The van der Waals surface area contributed by atoms with Crippen molar-refractivity contribution in [2.45, 2.75) is 19.9 Å². The lowest BCUT2D eigenvalue weighted by molar-refractivity contribution is -0.123. The molecular formula is C21H21NO2. The molecular weight excluding hydrogens is 298 g/mol. The number of carbonyl (C=O) groups excluding carboxylic acids is 1. The third kappa shape index (κ3) is 3.93. The van der Waals surface area contributed by atoms with Crippen LogP contribution < -0.4 is 10.1 Å². The molecule has 0 aliphatic carbocycles. The second kappa shape index (κ2) is 7.18. The van der Waals surface area contributed by atoms with Crippen LogP contribution in [0.15, 0.2) is 66.7 Å². The van der Waals surface area contributed by atoms with E-state index in [2.05, 4.69) is 11.4 Å². The van der Waals surface area contributed by atoms with E-state index in [0.717, 1.165) is 16.3 Å². The summed E-state index contributed by atoms with van der Waals surface area (Å²) < 4.78 is 5.62. The summed E-state index contributed by atoms with van der Waals surface area (Å²) in [5.74, 6) is 0.572. The van der Waals surface area contributed by atoms with Gasteiger partial charge in [0, 0.05) is 0 Å². The predicted octanol–water partition coefficient (Wildman–Crippen LogP) is 4.40. The molecule has 3 aromatic carbocycles. The van der Waals surface area contributed by atoms with Crippen LogP contribution in [-0.4, -0.2) is 12.5 Å². The van der Waals surface area contributed by atoms with Crippen LogP contribution in [0.4, 0.5) is 0 Å². The van der Waals surface area contributed by atoms with Gasteiger partial charge in [-0.25, -0.2) is 0 Å². The van der Waals surface area contributed by atoms with Crippen molar-refractivity contribution in [3.05, 3.63) is 77.9 Å². The molecule has 24 heavy (non-hydrogen) atoms. The number of hydrogen-bond donors (Lipinski definition) is 1. The van der Waals surface area contributed by atoms with E-state index in [0.29, 0.717) is 5.75 Å². The predicted molar refractivity (Wildman–Crippen MR) is 97.2 cm³/mol. The van der Waals surface area contributed by atoms with Gasteiger partial charge in [-0.2, -0.15) is 0 Å². The van der Waals surface area contributed by atoms with Gasteiger partial charge in [0.05, 0.1) is 6.04 Å². The SMILES string of the molecule is Cc1ccc([C@H](C)NC(=O)COc2ccc3ccccc3c2)cc1. The zero-order valence-corrected chi connectivity index (χ0v) is 14.0. The molecule has 3 nitrogen and oxygen atoms in total. The standard InChI is InChI=1S/C21H21NO2/c1-15-7-9-17(10-8-15)16(2)22-21(23)14-24-20-12-11-18-5-3-4-6-19(18)13-20/h3-13,16H,14H2,1-2H3,(H,22,23)/t16-/m0/s1. The van der Waals surface area contributed by atoms with Gasteiger partial charge in [0.25, 0.3) is 5.91 Å².